The van der Waals surface area contributed by atoms with E-state index in [2.05, 4.69) is 50.4 Å². The number of para-hydroxylation sites is 1. The predicted octanol–water partition coefficient (Wildman–Crippen LogP) is 2.53. The SMILES string of the molecule is C=CCN1C(=O)CN2c3ccccc3C(C)(C)[C@@]12C. The third kappa shape index (κ3) is 1.25. The first-order chi connectivity index (χ1) is 8.94. The molecule has 1 aromatic carbocycles. The lowest BCUT2D eigenvalue weighted by Gasteiger charge is -2.45. The molecule has 2 aliphatic heterocycles. The van der Waals surface area contributed by atoms with E-state index >= 15 is 0 Å². The van der Waals surface area contributed by atoms with Crippen molar-refractivity contribution in [2.45, 2.75) is 31.8 Å². The van der Waals surface area contributed by atoms with Gasteiger partial charge in [-0.1, -0.05) is 38.1 Å². The fourth-order valence-electron chi connectivity index (χ4n) is 3.66. The summed E-state index contributed by atoms with van der Waals surface area (Å²) in [6.07, 6.45) is 1.81. The number of carbonyl (C=O) groups excluding carboxylic acids is 1. The lowest BCUT2D eigenvalue weighted by molar-refractivity contribution is -0.130. The molecule has 1 aromatic rings. The van der Waals surface area contributed by atoms with Crippen molar-refractivity contribution >= 4 is 11.6 Å². The minimum absolute atomic E-state index is 0.0984. The van der Waals surface area contributed by atoms with Gasteiger partial charge in [0.2, 0.25) is 5.91 Å². The van der Waals surface area contributed by atoms with Crippen LogP contribution in [0.2, 0.25) is 0 Å². The number of anilines is 1. The minimum atomic E-state index is -0.304. The van der Waals surface area contributed by atoms with Crippen LogP contribution in [0.5, 0.6) is 0 Å². The summed E-state index contributed by atoms with van der Waals surface area (Å²) in [4.78, 5) is 16.5. The summed E-state index contributed by atoms with van der Waals surface area (Å²) in [6, 6.07) is 8.41. The van der Waals surface area contributed by atoms with E-state index in [9.17, 15) is 4.79 Å². The quantitative estimate of drug-likeness (QED) is 0.759. The van der Waals surface area contributed by atoms with Gasteiger partial charge in [0.05, 0.1) is 6.54 Å². The van der Waals surface area contributed by atoms with Gasteiger partial charge in [-0.15, -0.1) is 6.58 Å². The standard InChI is InChI=1S/C16H20N2O/c1-5-10-17-14(19)11-18-13-9-7-6-8-12(13)15(2,3)16(17,18)4/h5-9H,1,10-11H2,2-4H3/t16-/m0/s1. The summed E-state index contributed by atoms with van der Waals surface area (Å²) in [5.41, 5.74) is 2.11. The highest BCUT2D eigenvalue weighted by molar-refractivity contribution is 5.90. The van der Waals surface area contributed by atoms with E-state index in [-0.39, 0.29) is 17.0 Å². The van der Waals surface area contributed by atoms with Crippen LogP contribution in [0.1, 0.15) is 26.3 Å². The van der Waals surface area contributed by atoms with Crippen molar-refractivity contribution in [3.63, 3.8) is 0 Å². The normalized spacial score (nSPS) is 27.4. The highest BCUT2D eigenvalue weighted by Gasteiger charge is 2.61. The molecule has 0 radical (unpaired) electrons. The Morgan fingerprint density at radius 1 is 1.32 bits per heavy atom. The van der Waals surface area contributed by atoms with Gasteiger partial charge in [0, 0.05) is 17.6 Å². The third-order valence-corrected chi connectivity index (χ3v) is 5.01. The minimum Gasteiger partial charge on any atom is -0.338 e. The van der Waals surface area contributed by atoms with Crippen LogP contribution in [0.25, 0.3) is 0 Å². The first-order valence-corrected chi connectivity index (χ1v) is 6.73. The van der Waals surface area contributed by atoms with E-state index in [1.54, 1.807) is 0 Å². The van der Waals surface area contributed by atoms with Gasteiger partial charge in [-0.2, -0.15) is 0 Å². The zero-order valence-corrected chi connectivity index (χ0v) is 11.8. The molecule has 0 saturated carbocycles. The smallest absolute Gasteiger partial charge is 0.244 e. The van der Waals surface area contributed by atoms with Gasteiger partial charge in [0.15, 0.2) is 0 Å². The summed E-state index contributed by atoms with van der Waals surface area (Å²) < 4.78 is 0. The number of carbonyl (C=O) groups is 1. The van der Waals surface area contributed by atoms with Crippen molar-refractivity contribution in [2.75, 3.05) is 18.0 Å². The number of rotatable bonds is 2. The fourth-order valence-corrected chi connectivity index (χ4v) is 3.66. The number of benzene rings is 1. The molecular weight excluding hydrogens is 236 g/mol. The Hall–Kier alpha value is -1.77. The van der Waals surface area contributed by atoms with Crippen LogP contribution in [0.3, 0.4) is 0 Å². The zero-order valence-electron chi connectivity index (χ0n) is 11.8. The Kier molecular flexibility index (Phi) is 2.34. The number of fused-ring (bicyclic) bond motifs is 3. The first-order valence-electron chi connectivity index (χ1n) is 6.73. The van der Waals surface area contributed by atoms with Gasteiger partial charge in [0.1, 0.15) is 5.66 Å². The predicted molar refractivity (Wildman–Crippen MR) is 77.1 cm³/mol. The van der Waals surface area contributed by atoms with Crippen molar-refractivity contribution < 1.29 is 4.79 Å². The molecule has 0 spiro atoms. The summed E-state index contributed by atoms with van der Waals surface area (Å²) in [6.45, 7) is 11.5. The van der Waals surface area contributed by atoms with Crippen LogP contribution in [0.4, 0.5) is 5.69 Å². The molecule has 1 amide bonds. The molecule has 2 heterocycles. The summed E-state index contributed by atoms with van der Waals surface area (Å²) >= 11 is 0. The maximum Gasteiger partial charge on any atom is 0.244 e. The Morgan fingerprint density at radius 3 is 2.68 bits per heavy atom. The maximum atomic E-state index is 12.3. The van der Waals surface area contributed by atoms with Crippen molar-refractivity contribution in [2.24, 2.45) is 0 Å². The molecule has 0 aromatic heterocycles. The van der Waals surface area contributed by atoms with Gasteiger partial charge in [-0.05, 0) is 18.6 Å². The second kappa shape index (κ2) is 3.62. The Bertz CT molecular complexity index is 564. The van der Waals surface area contributed by atoms with Crippen molar-refractivity contribution in [1.82, 2.24) is 4.90 Å². The van der Waals surface area contributed by atoms with Gasteiger partial charge < -0.3 is 9.80 Å². The molecule has 3 heteroatoms. The van der Waals surface area contributed by atoms with Gasteiger partial charge in [-0.3, -0.25) is 4.79 Å². The maximum absolute atomic E-state index is 12.3. The van der Waals surface area contributed by atoms with E-state index in [1.807, 2.05) is 17.0 Å². The number of nitrogens with zero attached hydrogens (tertiary/aromatic N) is 2. The molecule has 3 rings (SSSR count). The first kappa shape index (κ1) is 12.3. The average molecular weight is 256 g/mol. The molecular formula is C16H20N2O. The van der Waals surface area contributed by atoms with Crippen LogP contribution >= 0.6 is 0 Å². The molecule has 1 saturated heterocycles. The number of amides is 1. The van der Waals surface area contributed by atoms with Crippen molar-refractivity contribution in [1.29, 1.82) is 0 Å². The Balaban J connectivity index is 2.21. The number of hydrogen-bond donors (Lipinski definition) is 0. The summed E-state index contributed by atoms with van der Waals surface area (Å²) in [5, 5.41) is 0. The second-order valence-corrected chi connectivity index (χ2v) is 6.04. The van der Waals surface area contributed by atoms with Gasteiger partial charge >= 0.3 is 0 Å². The van der Waals surface area contributed by atoms with E-state index in [0.29, 0.717) is 13.1 Å². The van der Waals surface area contributed by atoms with Gasteiger partial charge in [-0.25, -0.2) is 0 Å². The van der Waals surface area contributed by atoms with Crippen LogP contribution in [0.15, 0.2) is 36.9 Å². The van der Waals surface area contributed by atoms with Gasteiger partial charge in [0.25, 0.3) is 0 Å². The topological polar surface area (TPSA) is 23.6 Å². The van der Waals surface area contributed by atoms with Crippen LogP contribution < -0.4 is 4.90 Å². The van der Waals surface area contributed by atoms with Crippen LogP contribution in [-0.4, -0.2) is 29.6 Å². The monoisotopic (exact) mass is 256 g/mol. The fraction of sp³-hybridized carbons (Fsp3) is 0.438. The van der Waals surface area contributed by atoms with E-state index in [0.717, 1.165) is 0 Å². The molecule has 3 nitrogen and oxygen atoms in total. The lowest BCUT2D eigenvalue weighted by Crippen LogP contribution is -2.59. The molecule has 2 aliphatic rings. The molecule has 1 atom stereocenters. The molecule has 0 unspecified atom stereocenters. The average Bonchev–Trinajstić information content (AvgIpc) is 2.73. The molecule has 1 fully saturated rings. The Labute approximate surface area is 114 Å². The van der Waals surface area contributed by atoms with Crippen molar-refractivity contribution in [3.05, 3.63) is 42.5 Å². The highest BCUT2D eigenvalue weighted by atomic mass is 16.2. The van der Waals surface area contributed by atoms with Crippen molar-refractivity contribution in [3.8, 4) is 0 Å². The zero-order chi connectivity index (χ0) is 13.8. The largest absolute Gasteiger partial charge is 0.338 e. The van der Waals surface area contributed by atoms with Crippen LogP contribution in [-0.2, 0) is 10.2 Å². The molecule has 0 aliphatic carbocycles. The summed E-state index contributed by atoms with van der Waals surface area (Å²) in [7, 11) is 0. The molecule has 0 N–H and O–H groups in total. The van der Waals surface area contributed by atoms with E-state index in [1.165, 1.54) is 11.3 Å². The van der Waals surface area contributed by atoms with Crippen LogP contribution in [0, 0.1) is 0 Å². The number of hydrogen-bond acceptors (Lipinski definition) is 2. The molecule has 0 bridgehead atoms. The lowest BCUT2D eigenvalue weighted by atomic mass is 9.76. The molecule has 100 valence electrons. The Morgan fingerprint density at radius 2 is 2.00 bits per heavy atom. The molecule has 19 heavy (non-hydrogen) atoms. The van der Waals surface area contributed by atoms with E-state index in [4.69, 9.17) is 0 Å². The summed E-state index contributed by atoms with van der Waals surface area (Å²) in [5.74, 6) is 0.185. The third-order valence-electron chi connectivity index (χ3n) is 5.01. The second-order valence-electron chi connectivity index (χ2n) is 6.04. The highest BCUT2D eigenvalue weighted by Crippen LogP contribution is 2.55. The van der Waals surface area contributed by atoms with E-state index < -0.39 is 0 Å².